The minimum Gasteiger partial charge on any atom is -0.283 e. The number of nitrogens with one attached hydrogen (secondary N) is 1. The maximum Gasteiger partial charge on any atom is 0.254 e. The fraction of sp³-hybridized carbons (Fsp3) is 0.233. The summed E-state index contributed by atoms with van der Waals surface area (Å²) in [6.07, 6.45) is 8.98. The molecule has 4 nitrogen and oxygen atoms in total. The molecule has 0 aromatic heterocycles. The summed E-state index contributed by atoms with van der Waals surface area (Å²) in [6, 6.07) is 16.7. The Bertz CT molecular complexity index is 1240. The first-order chi connectivity index (χ1) is 17.2. The highest BCUT2D eigenvalue weighted by molar-refractivity contribution is 7.92. The van der Waals surface area contributed by atoms with Crippen LogP contribution in [0.3, 0.4) is 0 Å². The average Bonchev–Trinajstić information content (AvgIpc) is 2.85. The Balaban J connectivity index is 0.00000316. The smallest absolute Gasteiger partial charge is 0.254 e. The Labute approximate surface area is 222 Å². The first-order valence-electron chi connectivity index (χ1n) is 11.9. The molecule has 6 heteroatoms. The zero-order chi connectivity index (χ0) is 27.1. The molecule has 0 aliphatic carbocycles. The normalized spacial score (nSPS) is 14.2. The summed E-state index contributed by atoms with van der Waals surface area (Å²) in [5.74, 6) is 0. The van der Waals surface area contributed by atoms with E-state index < -0.39 is 10.0 Å². The largest absolute Gasteiger partial charge is 0.283 e. The minimum atomic E-state index is -3.77. The molecule has 36 heavy (non-hydrogen) atoms. The quantitative estimate of drug-likeness (QED) is 0.252. The molecule has 0 saturated carbocycles. The maximum atomic E-state index is 12.8. The Kier molecular flexibility index (Phi) is 13.5. The molecule has 0 radical (unpaired) electrons. The van der Waals surface area contributed by atoms with Gasteiger partial charge in [0.25, 0.3) is 10.0 Å². The van der Waals surface area contributed by atoms with Gasteiger partial charge in [0.05, 0.1) is 11.4 Å². The second-order valence-electron chi connectivity index (χ2n) is 7.72. The summed E-state index contributed by atoms with van der Waals surface area (Å²) < 4.78 is 28.2. The van der Waals surface area contributed by atoms with Crippen LogP contribution >= 0.6 is 11.6 Å². The topological polar surface area (TPSA) is 58.5 Å². The van der Waals surface area contributed by atoms with E-state index in [0.29, 0.717) is 11.3 Å². The third kappa shape index (κ3) is 10.2. The maximum absolute atomic E-state index is 12.8. The van der Waals surface area contributed by atoms with E-state index in [-0.39, 0.29) is 11.2 Å². The van der Waals surface area contributed by atoms with Gasteiger partial charge in [0.15, 0.2) is 0 Å². The van der Waals surface area contributed by atoms with Crippen molar-refractivity contribution in [2.75, 3.05) is 0 Å². The molecule has 0 saturated heterocycles. The van der Waals surface area contributed by atoms with E-state index in [1.807, 2.05) is 107 Å². The van der Waals surface area contributed by atoms with Gasteiger partial charge in [0, 0.05) is 11.3 Å². The van der Waals surface area contributed by atoms with E-state index in [1.54, 1.807) is 19.1 Å². The van der Waals surface area contributed by atoms with E-state index in [1.165, 1.54) is 0 Å². The van der Waals surface area contributed by atoms with Crippen molar-refractivity contribution in [2.24, 2.45) is 4.99 Å². The molecule has 2 rings (SSSR count). The first-order valence-corrected chi connectivity index (χ1v) is 13.8. The van der Waals surface area contributed by atoms with E-state index in [9.17, 15) is 8.42 Å². The molecule has 0 bridgehead atoms. The Morgan fingerprint density at radius 1 is 1.08 bits per heavy atom. The van der Waals surface area contributed by atoms with Crippen molar-refractivity contribution in [2.45, 2.75) is 47.6 Å². The number of halogens is 1. The molecule has 0 fully saturated rings. The summed E-state index contributed by atoms with van der Waals surface area (Å²) in [5.41, 5.74) is 4.46. The lowest BCUT2D eigenvalue weighted by molar-refractivity contribution is 0.598. The molecule has 192 valence electrons. The van der Waals surface area contributed by atoms with Crippen molar-refractivity contribution in [3.8, 4) is 0 Å². The van der Waals surface area contributed by atoms with Crippen molar-refractivity contribution in [1.29, 1.82) is 0 Å². The standard InChI is InChI=1S/C28H31ClN2O2S.C2H6/c1-6-11-25(12-7-2)22(4)30-28(29)27(26-17-15-21(3)16-18-26)23(5)31-34(32,33)20-19-24-13-9-8-10-14-24;1-2/h6-20,22,31H,1H2,2-5H3;1-2H3/b12-7-,20-19+,25-11+,27-23+,30-28?;. The van der Waals surface area contributed by atoms with E-state index in [4.69, 9.17) is 11.6 Å². The zero-order valence-electron chi connectivity index (χ0n) is 22.0. The van der Waals surface area contributed by atoms with Gasteiger partial charge < -0.3 is 0 Å². The fourth-order valence-electron chi connectivity index (χ4n) is 3.21. The third-order valence-electron chi connectivity index (χ3n) is 4.91. The monoisotopic (exact) mass is 524 g/mol. The van der Waals surface area contributed by atoms with Gasteiger partial charge in [-0.05, 0) is 50.5 Å². The van der Waals surface area contributed by atoms with Gasteiger partial charge >= 0.3 is 0 Å². The van der Waals surface area contributed by atoms with Gasteiger partial charge in [0.1, 0.15) is 5.17 Å². The van der Waals surface area contributed by atoms with Crippen LogP contribution in [-0.4, -0.2) is 19.6 Å². The van der Waals surface area contributed by atoms with Crippen molar-refractivity contribution in [1.82, 2.24) is 4.72 Å². The van der Waals surface area contributed by atoms with Gasteiger partial charge in [-0.1, -0.05) is 116 Å². The Morgan fingerprint density at radius 2 is 1.69 bits per heavy atom. The van der Waals surface area contributed by atoms with E-state index >= 15 is 0 Å². The minimum absolute atomic E-state index is 0.211. The molecule has 2 aromatic rings. The van der Waals surface area contributed by atoms with Crippen molar-refractivity contribution < 1.29 is 8.42 Å². The van der Waals surface area contributed by atoms with Crippen LogP contribution in [0.5, 0.6) is 0 Å². The van der Waals surface area contributed by atoms with E-state index in [2.05, 4.69) is 16.3 Å². The van der Waals surface area contributed by atoms with Gasteiger partial charge in [-0.2, -0.15) is 0 Å². The molecular formula is C30H37ClN2O2S. The lowest BCUT2D eigenvalue weighted by Crippen LogP contribution is -2.21. The molecule has 1 unspecified atom stereocenters. The number of sulfonamides is 1. The highest BCUT2D eigenvalue weighted by Crippen LogP contribution is 2.24. The summed E-state index contributed by atoms with van der Waals surface area (Å²) in [5, 5.41) is 1.35. The molecule has 0 aliphatic heterocycles. The molecule has 1 atom stereocenters. The first kappa shape index (κ1) is 30.9. The molecule has 2 aromatic carbocycles. The summed E-state index contributed by atoms with van der Waals surface area (Å²) in [6.45, 7) is 15.3. The van der Waals surface area contributed by atoms with Crippen molar-refractivity contribution >= 4 is 38.4 Å². The number of aliphatic imine (C=N–C) groups is 1. The molecule has 0 amide bonds. The SMILES string of the molecule is C=C/C=C(\C=C/C)C(C)N=C(Cl)/C(=C(\C)NS(=O)(=O)/C=C/c1ccccc1)c1ccc(C)cc1.CC. The number of hydrogen-bond acceptors (Lipinski definition) is 3. The van der Waals surface area contributed by atoms with Crippen LogP contribution in [0.15, 0.2) is 107 Å². The van der Waals surface area contributed by atoms with Crippen LogP contribution in [-0.2, 0) is 10.0 Å². The second kappa shape index (κ2) is 15.8. The van der Waals surface area contributed by atoms with Crippen LogP contribution in [0.1, 0.15) is 51.3 Å². The molecule has 0 heterocycles. The lowest BCUT2D eigenvalue weighted by Gasteiger charge is -2.15. The summed E-state index contributed by atoms with van der Waals surface area (Å²) >= 11 is 6.72. The number of aryl methyl sites for hydroxylation is 1. The highest BCUT2D eigenvalue weighted by atomic mass is 35.5. The highest BCUT2D eigenvalue weighted by Gasteiger charge is 2.17. The third-order valence-corrected chi connectivity index (χ3v) is 6.29. The van der Waals surface area contributed by atoms with Gasteiger partial charge in [-0.3, -0.25) is 9.71 Å². The summed E-state index contributed by atoms with van der Waals surface area (Å²) in [4.78, 5) is 4.66. The number of nitrogens with zero attached hydrogens (tertiary/aromatic N) is 1. The van der Waals surface area contributed by atoms with Crippen LogP contribution in [0.4, 0.5) is 0 Å². The Morgan fingerprint density at radius 3 is 2.25 bits per heavy atom. The van der Waals surface area contributed by atoms with Gasteiger partial charge in [-0.25, -0.2) is 8.42 Å². The van der Waals surface area contributed by atoms with Crippen LogP contribution < -0.4 is 4.72 Å². The average molecular weight is 525 g/mol. The molecule has 1 N–H and O–H groups in total. The molecule has 0 aliphatic rings. The second-order valence-corrected chi connectivity index (χ2v) is 9.65. The predicted octanol–water partition coefficient (Wildman–Crippen LogP) is 8.06. The summed E-state index contributed by atoms with van der Waals surface area (Å²) in [7, 11) is -3.77. The predicted molar refractivity (Wildman–Crippen MR) is 158 cm³/mol. The number of hydrogen-bond donors (Lipinski definition) is 1. The zero-order valence-corrected chi connectivity index (χ0v) is 23.6. The molecular weight excluding hydrogens is 488 g/mol. The van der Waals surface area contributed by atoms with Crippen molar-refractivity contribution in [3.05, 3.63) is 119 Å². The van der Waals surface area contributed by atoms with Gasteiger partial charge in [-0.15, -0.1) is 0 Å². The molecule has 0 spiro atoms. The van der Waals surface area contributed by atoms with Crippen LogP contribution in [0.2, 0.25) is 0 Å². The van der Waals surface area contributed by atoms with Crippen LogP contribution in [0, 0.1) is 6.92 Å². The fourth-order valence-corrected chi connectivity index (χ4v) is 4.54. The lowest BCUT2D eigenvalue weighted by atomic mass is 10.0. The van der Waals surface area contributed by atoms with Crippen molar-refractivity contribution in [3.63, 3.8) is 0 Å². The number of benzene rings is 2. The Hall–Kier alpha value is -3.15. The van der Waals surface area contributed by atoms with Crippen LogP contribution in [0.25, 0.3) is 11.6 Å². The van der Waals surface area contributed by atoms with Gasteiger partial charge in [0.2, 0.25) is 0 Å². The van der Waals surface area contributed by atoms with E-state index in [0.717, 1.165) is 27.7 Å². The number of rotatable bonds is 10. The number of allylic oxidation sites excluding steroid dienone is 5.